The minimum Gasteiger partial charge on any atom is -0.445 e. The van der Waals surface area contributed by atoms with Gasteiger partial charge in [0.1, 0.15) is 12.2 Å². The van der Waals surface area contributed by atoms with Gasteiger partial charge in [-0.1, -0.05) is 84.9 Å². The highest BCUT2D eigenvalue weighted by atomic mass is 16.6. The second-order valence-electron chi connectivity index (χ2n) is 14.8. The first-order valence-electron chi connectivity index (χ1n) is 18.0. The van der Waals surface area contributed by atoms with E-state index in [1.807, 2.05) is 99.6 Å². The number of anilines is 1. The van der Waals surface area contributed by atoms with Gasteiger partial charge in [0, 0.05) is 23.6 Å². The second-order valence-corrected chi connectivity index (χ2v) is 14.8. The second kappa shape index (κ2) is 15.8. The molecule has 266 valence electrons. The lowest BCUT2D eigenvalue weighted by Gasteiger charge is -2.43. The summed E-state index contributed by atoms with van der Waals surface area (Å²) in [6.07, 6.45) is 7.40. The number of carbonyl (C=O) groups excluding carboxylic acids is 3. The molecule has 0 aliphatic heterocycles. The maximum Gasteiger partial charge on any atom is 0.408 e. The summed E-state index contributed by atoms with van der Waals surface area (Å²) in [7, 11) is 0. The Kier molecular flexibility index (Phi) is 11.0. The molecule has 2 aliphatic rings. The largest absolute Gasteiger partial charge is 0.445 e. The monoisotopic (exact) mass is 688 g/mol. The van der Waals surface area contributed by atoms with E-state index in [-0.39, 0.29) is 24.5 Å². The molecule has 2 aliphatic carbocycles. The molecule has 3 amide bonds. The molecule has 0 saturated heterocycles. The molecule has 0 atom stereocenters. The fraction of sp³-hybridized carbons (Fsp3) is 0.381. The molecule has 9 heteroatoms. The van der Waals surface area contributed by atoms with E-state index in [1.165, 1.54) is 0 Å². The number of nitrogens with one attached hydrogen (secondary N) is 3. The van der Waals surface area contributed by atoms with Crippen LogP contribution < -0.4 is 16.0 Å². The van der Waals surface area contributed by atoms with Crippen LogP contribution in [0.1, 0.15) is 83.3 Å². The molecule has 2 fully saturated rings. The average Bonchev–Trinajstić information content (AvgIpc) is 3.10. The van der Waals surface area contributed by atoms with E-state index in [0.29, 0.717) is 12.1 Å². The fourth-order valence-electron chi connectivity index (χ4n) is 6.98. The van der Waals surface area contributed by atoms with Crippen LogP contribution in [0.4, 0.5) is 15.3 Å². The Morgan fingerprint density at radius 3 is 2.12 bits per heavy atom. The Morgan fingerprint density at radius 2 is 1.49 bits per heavy atom. The van der Waals surface area contributed by atoms with Gasteiger partial charge < -0.3 is 25.4 Å². The van der Waals surface area contributed by atoms with E-state index < -0.39 is 23.3 Å². The van der Waals surface area contributed by atoms with Gasteiger partial charge in [-0.3, -0.25) is 9.78 Å². The summed E-state index contributed by atoms with van der Waals surface area (Å²) < 4.78 is 10.9. The number of amides is 3. The third-order valence-corrected chi connectivity index (χ3v) is 9.77. The number of benzene rings is 3. The van der Waals surface area contributed by atoms with Gasteiger partial charge in [-0.2, -0.15) is 0 Å². The lowest BCUT2D eigenvalue weighted by Crippen LogP contribution is -2.52. The predicted octanol–water partition coefficient (Wildman–Crippen LogP) is 9.13. The van der Waals surface area contributed by atoms with E-state index in [0.717, 1.165) is 78.5 Å². The van der Waals surface area contributed by atoms with Crippen LogP contribution in [-0.4, -0.2) is 34.7 Å². The molecule has 2 saturated carbocycles. The molecule has 51 heavy (non-hydrogen) atoms. The van der Waals surface area contributed by atoms with Crippen molar-refractivity contribution in [2.24, 2.45) is 5.92 Å². The van der Waals surface area contributed by atoms with Crippen molar-refractivity contribution in [2.45, 2.75) is 95.9 Å². The number of nitrogens with zero attached hydrogens (tertiary/aromatic N) is 1. The van der Waals surface area contributed by atoms with Crippen molar-refractivity contribution in [3.05, 3.63) is 108 Å². The van der Waals surface area contributed by atoms with Gasteiger partial charge in [-0.15, -0.1) is 0 Å². The number of aromatic nitrogens is 1. The number of pyridine rings is 1. The zero-order chi connectivity index (χ0) is 35.8. The highest BCUT2D eigenvalue weighted by molar-refractivity contribution is 5.93. The van der Waals surface area contributed by atoms with Gasteiger partial charge in [0.05, 0.1) is 23.1 Å². The van der Waals surface area contributed by atoms with Crippen molar-refractivity contribution >= 4 is 23.8 Å². The number of carbonyl (C=O) groups is 3. The van der Waals surface area contributed by atoms with Crippen molar-refractivity contribution in [1.29, 1.82) is 0 Å². The molecule has 9 nitrogen and oxygen atoms in total. The third kappa shape index (κ3) is 9.54. The SMILES string of the molecule is CC(C)(C)OC(=O)NC1(c2ccc(-c3ncc(NC(=O)CC4CCC(NC(=O)OCc5ccccc5)CC4)cc3-c3ccccc3)cc2)CCC1. The summed E-state index contributed by atoms with van der Waals surface area (Å²) >= 11 is 0. The highest BCUT2D eigenvalue weighted by Gasteiger charge is 2.41. The maximum atomic E-state index is 13.2. The van der Waals surface area contributed by atoms with Gasteiger partial charge >= 0.3 is 12.2 Å². The molecule has 1 aromatic heterocycles. The van der Waals surface area contributed by atoms with Crippen LogP contribution in [0.3, 0.4) is 0 Å². The van der Waals surface area contributed by atoms with Crippen LogP contribution in [0.5, 0.6) is 0 Å². The Hall–Kier alpha value is -5.18. The lowest BCUT2D eigenvalue weighted by atomic mass is 9.71. The minimum absolute atomic E-state index is 0.0464. The summed E-state index contributed by atoms with van der Waals surface area (Å²) in [5.74, 6) is 0.196. The first kappa shape index (κ1) is 35.6. The quantitative estimate of drug-likeness (QED) is 0.153. The normalized spacial score (nSPS) is 18.1. The number of ether oxygens (including phenoxy) is 2. The molecule has 3 N–H and O–H groups in total. The van der Waals surface area contributed by atoms with Crippen molar-refractivity contribution in [1.82, 2.24) is 15.6 Å². The lowest BCUT2D eigenvalue weighted by molar-refractivity contribution is -0.117. The van der Waals surface area contributed by atoms with Crippen molar-refractivity contribution in [2.75, 3.05) is 5.32 Å². The topological polar surface area (TPSA) is 119 Å². The van der Waals surface area contributed by atoms with Crippen LogP contribution in [0.15, 0.2) is 97.2 Å². The predicted molar refractivity (Wildman–Crippen MR) is 199 cm³/mol. The van der Waals surface area contributed by atoms with Crippen LogP contribution in [-0.2, 0) is 26.4 Å². The molecule has 1 heterocycles. The van der Waals surface area contributed by atoms with E-state index >= 15 is 0 Å². The first-order chi connectivity index (χ1) is 24.5. The van der Waals surface area contributed by atoms with Crippen LogP contribution in [0, 0.1) is 5.92 Å². The van der Waals surface area contributed by atoms with Gasteiger partial charge in [-0.25, -0.2) is 9.59 Å². The number of alkyl carbamates (subject to hydrolysis) is 2. The third-order valence-electron chi connectivity index (χ3n) is 9.77. The van der Waals surface area contributed by atoms with Crippen LogP contribution in [0.25, 0.3) is 22.4 Å². The first-order valence-corrected chi connectivity index (χ1v) is 18.0. The molecule has 3 aromatic carbocycles. The summed E-state index contributed by atoms with van der Waals surface area (Å²) in [5.41, 5.74) is 5.29. The van der Waals surface area contributed by atoms with Gasteiger partial charge in [0.25, 0.3) is 0 Å². The molecule has 0 bridgehead atoms. The average molecular weight is 689 g/mol. The smallest absolute Gasteiger partial charge is 0.408 e. The molecule has 0 radical (unpaired) electrons. The zero-order valence-electron chi connectivity index (χ0n) is 29.7. The molecular formula is C42H48N4O5. The van der Waals surface area contributed by atoms with Gasteiger partial charge in [0.2, 0.25) is 5.91 Å². The van der Waals surface area contributed by atoms with Crippen LogP contribution in [0.2, 0.25) is 0 Å². The van der Waals surface area contributed by atoms with Gasteiger partial charge in [0.15, 0.2) is 0 Å². The Morgan fingerprint density at radius 1 is 0.824 bits per heavy atom. The van der Waals surface area contributed by atoms with Crippen molar-refractivity contribution in [3.8, 4) is 22.4 Å². The summed E-state index contributed by atoms with van der Waals surface area (Å²) in [4.78, 5) is 43.0. The summed E-state index contributed by atoms with van der Waals surface area (Å²) in [6, 6.07) is 29.9. The van der Waals surface area contributed by atoms with E-state index in [4.69, 9.17) is 14.5 Å². The Labute approximate surface area is 300 Å². The molecular weight excluding hydrogens is 640 g/mol. The minimum atomic E-state index is -0.567. The maximum absolute atomic E-state index is 13.2. The van der Waals surface area contributed by atoms with Crippen molar-refractivity contribution < 1.29 is 23.9 Å². The molecule has 6 rings (SSSR count). The Balaban J connectivity index is 1.07. The molecule has 0 spiro atoms. The summed E-state index contributed by atoms with van der Waals surface area (Å²) in [6.45, 7) is 5.84. The van der Waals surface area contributed by atoms with Gasteiger partial charge in [-0.05, 0) is 94.4 Å². The van der Waals surface area contributed by atoms with Crippen LogP contribution >= 0.6 is 0 Å². The highest BCUT2D eigenvalue weighted by Crippen LogP contribution is 2.42. The standard InChI is InChI=1S/C42H48N4O5/c1-41(2,3)51-40(49)46-42(23-10-24-42)33-19-17-32(18-20-33)38-36(31-13-8-5-9-14-31)26-35(27-43-38)44-37(47)25-29-15-21-34(22-16-29)45-39(48)50-28-30-11-6-4-7-12-30/h4-9,11-14,17-20,26-27,29,34H,10,15-16,21-25,28H2,1-3H3,(H,44,47)(H,45,48)(H,46,49). The molecule has 0 unspecified atom stereocenters. The van der Waals surface area contributed by atoms with E-state index in [9.17, 15) is 14.4 Å². The molecule has 4 aromatic rings. The fourth-order valence-corrected chi connectivity index (χ4v) is 6.98. The summed E-state index contributed by atoms with van der Waals surface area (Å²) in [5, 5.41) is 9.21. The number of hydrogen-bond donors (Lipinski definition) is 3. The number of rotatable bonds is 10. The van der Waals surface area contributed by atoms with Crippen molar-refractivity contribution in [3.63, 3.8) is 0 Å². The number of hydrogen-bond acceptors (Lipinski definition) is 6. The van der Waals surface area contributed by atoms with E-state index in [2.05, 4.69) is 28.1 Å². The Bertz CT molecular complexity index is 1790. The van der Waals surface area contributed by atoms with E-state index in [1.54, 1.807) is 6.20 Å². The zero-order valence-corrected chi connectivity index (χ0v) is 29.7.